The summed E-state index contributed by atoms with van der Waals surface area (Å²) in [6, 6.07) is 4.98. The van der Waals surface area contributed by atoms with Gasteiger partial charge in [-0.2, -0.15) is 0 Å². The molecule has 1 aromatic carbocycles. The van der Waals surface area contributed by atoms with Crippen molar-refractivity contribution in [3.05, 3.63) is 28.2 Å². The minimum absolute atomic E-state index is 0.0210. The van der Waals surface area contributed by atoms with E-state index in [1.54, 1.807) is 18.2 Å². The van der Waals surface area contributed by atoms with E-state index in [1.165, 1.54) is 0 Å². The second-order valence-electron chi connectivity index (χ2n) is 2.80. The standard InChI is InChI=1S/C9H12BrNO2/c10-7-3-1-2-6(9(7)13)8(11)4-5-12/h1-3,8,12-13H,4-5,11H2. The number of para-hydroxylation sites is 1. The summed E-state index contributed by atoms with van der Waals surface area (Å²) in [6.45, 7) is 0.0210. The summed E-state index contributed by atoms with van der Waals surface area (Å²) < 4.78 is 0.624. The highest BCUT2D eigenvalue weighted by Crippen LogP contribution is 2.31. The molecule has 0 radical (unpaired) electrons. The van der Waals surface area contributed by atoms with E-state index in [1.807, 2.05) is 0 Å². The third-order valence-corrected chi connectivity index (χ3v) is 2.50. The molecule has 0 heterocycles. The number of hydrogen-bond acceptors (Lipinski definition) is 3. The molecule has 0 aromatic heterocycles. The van der Waals surface area contributed by atoms with Crippen LogP contribution in [0.2, 0.25) is 0 Å². The van der Waals surface area contributed by atoms with Gasteiger partial charge in [-0.1, -0.05) is 12.1 Å². The van der Waals surface area contributed by atoms with E-state index in [-0.39, 0.29) is 18.4 Å². The molecule has 0 saturated heterocycles. The van der Waals surface area contributed by atoms with Gasteiger partial charge in [-0.3, -0.25) is 0 Å². The number of aliphatic hydroxyl groups excluding tert-OH is 1. The zero-order valence-corrected chi connectivity index (χ0v) is 8.66. The Hall–Kier alpha value is -0.580. The average Bonchev–Trinajstić information content (AvgIpc) is 2.10. The van der Waals surface area contributed by atoms with Gasteiger partial charge in [-0.15, -0.1) is 0 Å². The summed E-state index contributed by atoms with van der Waals surface area (Å²) >= 11 is 3.20. The Labute approximate surface area is 85.3 Å². The molecule has 4 N–H and O–H groups in total. The Balaban J connectivity index is 2.93. The van der Waals surface area contributed by atoms with Crippen molar-refractivity contribution in [2.75, 3.05) is 6.61 Å². The van der Waals surface area contributed by atoms with Gasteiger partial charge in [0.05, 0.1) is 4.47 Å². The molecule has 1 atom stereocenters. The number of phenolic OH excluding ortho intramolecular Hbond substituents is 1. The van der Waals surface area contributed by atoms with Crippen LogP contribution in [0, 0.1) is 0 Å². The lowest BCUT2D eigenvalue weighted by Gasteiger charge is -2.12. The molecule has 0 aliphatic carbocycles. The molecule has 0 spiro atoms. The highest BCUT2D eigenvalue weighted by Gasteiger charge is 2.11. The lowest BCUT2D eigenvalue weighted by molar-refractivity contribution is 0.275. The molecule has 0 amide bonds. The number of aromatic hydroxyl groups is 1. The Morgan fingerprint density at radius 2 is 2.15 bits per heavy atom. The van der Waals surface area contributed by atoms with E-state index >= 15 is 0 Å². The van der Waals surface area contributed by atoms with Crippen LogP contribution in [-0.4, -0.2) is 16.8 Å². The van der Waals surface area contributed by atoms with Crippen LogP contribution in [0.25, 0.3) is 0 Å². The summed E-state index contributed by atoms with van der Waals surface area (Å²) in [5.74, 6) is 0.156. The predicted octanol–water partition coefficient (Wildman–Crippen LogP) is 1.54. The molecule has 3 nitrogen and oxygen atoms in total. The molecule has 72 valence electrons. The molecule has 1 unspecified atom stereocenters. The third-order valence-electron chi connectivity index (χ3n) is 1.86. The quantitative estimate of drug-likeness (QED) is 0.757. The molecule has 0 aliphatic rings. The van der Waals surface area contributed by atoms with Crippen molar-refractivity contribution in [2.45, 2.75) is 12.5 Å². The van der Waals surface area contributed by atoms with E-state index < -0.39 is 0 Å². The van der Waals surface area contributed by atoms with Gasteiger partial charge < -0.3 is 15.9 Å². The average molecular weight is 246 g/mol. The van der Waals surface area contributed by atoms with Crippen molar-refractivity contribution in [1.82, 2.24) is 0 Å². The predicted molar refractivity (Wildman–Crippen MR) is 54.4 cm³/mol. The fraction of sp³-hybridized carbons (Fsp3) is 0.333. The van der Waals surface area contributed by atoms with Crippen LogP contribution in [0.15, 0.2) is 22.7 Å². The Morgan fingerprint density at radius 1 is 1.46 bits per heavy atom. The molecule has 1 rings (SSSR count). The number of nitrogens with two attached hydrogens (primary N) is 1. The van der Waals surface area contributed by atoms with Crippen LogP contribution in [-0.2, 0) is 0 Å². The van der Waals surface area contributed by atoms with Crippen molar-refractivity contribution in [3.8, 4) is 5.75 Å². The summed E-state index contributed by atoms with van der Waals surface area (Å²) in [7, 11) is 0. The van der Waals surface area contributed by atoms with Crippen LogP contribution in [0.1, 0.15) is 18.0 Å². The molecule has 0 bridgehead atoms. The van der Waals surface area contributed by atoms with Crippen molar-refractivity contribution in [3.63, 3.8) is 0 Å². The molecule has 1 aromatic rings. The number of rotatable bonds is 3. The smallest absolute Gasteiger partial charge is 0.134 e. The molecular formula is C9H12BrNO2. The summed E-state index contributed by atoms with van der Waals surface area (Å²) in [5, 5.41) is 18.3. The monoisotopic (exact) mass is 245 g/mol. The minimum atomic E-state index is -0.317. The van der Waals surface area contributed by atoms with Crippen LogP contribution in [0.5, 0.6) is 5.75 Å². The topological polar surface area (TPSA) is 66.5 Å². The number of aliphatic hydroxyl groups is 1. The Kier molecular flexibility index (Phi) is 3.71. The number of phenols is 1. The zero-order valence-electron chi connectivity index (χ0n) is 7.07. The van der Waals surface area contributed by atoms with Crippen LogP contribution in [0.4, 0.5) is 0 Å². The van der Waals surface area contributed by atoms with E-state index in [0.29, 0.717) is 16.5 Å². The lowest BCUT2D eigenvalue weighted by Crippen LogP contribution is -2.12. The summed E-state index contributed by atoms with van der Waals surface area (Å²) in [6.07, 6.45) is 0.448. The summed E-state index contributed by atoms with van der Waals surface area (Å²) in [5.41, 5.74) is 6.39. The Morgan fingerprint density at radius 3 is 2.77 bits per heavy atom. The van der Waals surface area contributed by atoms with Gasteiger partial charge in [-0.25, -0.2) is 0 Å². The highest BCUT2D eigenvalue weighted by atomic mass is 79.9. The maximum absolute atomic E-state index is 9.59. The minimum Gasteiger partial charge on any atom is -0.506 e. The fourth-order valence-corrected chi connectivity index (χ4v) is 1.51. The Bertz CT molecular complexity index is 291. The molecule has 0 saturated carbocycles. The van der Waals surface area contributed by atoms with Gasteiger partial charge in [0.25, 0.3) is 0 Å². The van der Waals surface area contributed by atoms with Crippen molar-refractivity contribution < 1.29 is 10.2 Å². The number of hydrogen-bond donors (Lipinski definition) is 3. The second kappa shape index (κ2) is 4.60. The fourth-order valence-electron chi connectivity index (χ4n) is 1.13. The van der Waals surface area contributed by atoms with E-state index in [2.05, 4.69) is 15.9 Å². The van der Waals surface area contributed by atoms with Crippen molar-refractivity contribution in [1.29, 1.82) is 0 Å². The summed E-state index contributed by atoms with van der Waals surface area (Å²) in [4.78, 5) is 0. The molecule has 4 heteroatoms. The van der Waals surface area contributed by atoms with Gasteiger partial charge in [0.1, 0.15) is 5.75 Å². The number of halogens is 1. The molecule has 0 aliphatic heterocycles. The van der Waals surface area contributed by atoms with Crippen LogP contribution in [0.3, 0.4) is 0 Å². The maximum Gasteiger partial charge on any atom is 0.134 e. The lowest BCUT2D eigenvalue weighted by atomic mass is 10.0. The van der Waals surface area contributed by atoms with Gasteiger partial charge in [0.2, 0.25) is 0 Å². The van der Waals surface area contributed by atoms with Gasteiger partial charge in [0.15, 0.2) is 0 Å². The van der Waals surface area contributed by atoms with Crippen molar-refractivity contribution in [2.24, 2.45) is 5.73 Å². The van der Waals surface area contributed by atoms with E-state index in [0.717, 1.165) is 0 Å². The molecule has 13 heavy (non-hydrogen) atoms. The zero-order chi connectivity index (χ0) is 9.84. The first kappa shape index (κ1) is 10.5. The number of benzene rings is 1. The first-order valence-corrected chi connectivity index (χ1v) is 4.80. The first-order chi connectivity index (χ1) is 6.16. The largest absolute Gasteiger partial charge is 0.506 e. The molecular weight excluding hydrogens is 234 g/mol. The first-order valence-electron chi connectivity index (χ1n) is 4.00. The van der Waals surface area contributed by atoms with E-state index in [4.69, 9.17) is 10.8 Å². The normalized spacial score (nSPS) is 12.8. The van der Waals surface area contributed by atoms with Gasteiger partial charge >= 0.3 is 0 Å². The SMILES string of the molecule is NC(CCO)c1cccc(Br)c1O. The van der Waals surface area contributed by atoms with E-state index in [9.17, 15) is 5.11 Å². The van der Waals surface area contributed by atoms with Gasteiger partial charge in [0, 0.05) is 18.2 Å². The third kappa shape index (κ3) is 2.43. The maximum atomic E-state index is 9.59. The van der Waals surface area contributed by atoms with Crippen LogP contribution >= 0.6 is 15.9 Å². The molecule has 0 fully saturated rings. The van der Waals surface area contributed by atoms with Crippen LogP contribution < -0.4 is 5.73 Å². The van der Waals surface area contributed by atoms with Crippen molar-refractivity contribution >= 4 is 15.9 Å². The second-order valence-corrected chi connectivity index (χ2v) is 3.65. The van der Waals surface area contributed by atoms with Gasteiger partial charge in [-0.05, 0) is 28.4 Å². The highest BCUT2D eigenvalue weighted by molar-refractivity contribution is 9.10.